The van der Waals surface area contributed by atoms with Crippen molar-refractivity contribution < 1.29 is 8.42 Å². The first-order chi connectivity index (χ1) is 13.3. The summed E-state index contributed by atoms with van der Waals surface area (Å²) in [5, 5.41) is 3.89. The van der Waals surface area contributed by atoms with E-state index in [4.69, 9.17) is 12.2 Å². The van der Waals surface area contributed by atoms with Crippen LogP contribution in [0.5, 0.6) is 0 Å². The first-order valence-electron chi connectivity index (χ1n) is 9.50. The Labute approximate surface area is 173 Å². The molecule has 2 aromatic carbocycles. The molecule has 1 N–H and O–H groups in total. The number of piperazine rings is 1. The third kappa shape index (κ3) is 4.71. The molecule has 0 spiro atoms. The van der Waals surface area contributed by atoms with Crippen molar-refractivity contribution in [3.05, 3.63) is 59.7 Å². The van der Waals surface area contributed by atoms with E-state index in [1.165, 1.54) is 9.87 Å². The van der Waals surface area contributed by atoms with Crippen LogP contribution < -0.4 is 5.32 Å². The van der Waals surface area contributed by atoms with Crippen LogP contribution in [0.4, 0.5) is 5.69 Å². The summed E-state index contributed by atoms with van der Waals surface area (Å²) in [7, 11) is -3.46. The zero-order valence-corrected chi connectivity index (χ0v) is 18.2. The van der Waals surface area contributed by atoms with E-state index in [1.807, 2.05) is 36.1 Å². The number of anilines is 1. The average Bonchev–Trinajstić information content (AvgIpc) is 2.69. The molecule has 0 radical (unpaired) electrons. The van der Waals surface area contributed by atoms with Crippen LogP contribution in [-0.4, -0.2) is 48.9 Å². The SMILES string of the molecule is Cc1ccc(S(=O)(=O)N2CCN(C(=S)Nc3ccc(C(C)C)cc3)CC2)cc1. The van der Waals surface area contributed by atoms with Crippen molar-refractivity contribution in [3.63, 3.8) is 0 Å². The Hall–Kier alpha value is -1.96. The van der Waals surface area contributed by atoms with E-state index in [0.29, 0.717) is 42.1 Å². The van der Waals surface area contributed by atoms with Crippen molar-refractivity contribution in [2.45, 2.75) is 31.6 Å². The van der Waals surface area contributed by atoms with Crippen LogP contribution in [0.15, 0.2) is 53.4 Å². The number of benzene rings is 2. The molecular weight excluding hydrogens is 390 g/mol. The fourth-order valence-corrected chi connectivity index (χ4v) is 4.87. The third-order valence-corrected chi connectivity index (χ3v) is 7.29. The van der Waals surface area contributed by atoms with Crippen molar-refractivity contribution in [3.8, 4) is 0 Å². The normalized spacial score (nSPS) is 15.6. The summed E-state index contributed by atoms with van der Waals surface area (Å²) in [6.07, 6.45) is 0. The second-order valence-electron chi connectivity index (χ2n) is 7.41. The number of nitrogens with one attached hydrogen (secondary N) is 1. The van der Waals surface area contributed by atoms with Crippen LogP contribution in [0.3, 0.4) is 0 Å². The standard InChI is InChI=1S/C21H27N3O2S2/c1-16(2)18-6-8-19(9-7-18)22-21(27)23-12-14-24(15-13-23)28(25,26)20-10-4-17(3)5-11-20/h4-11,16H,12-15H2,1-3H3,(H,22,27). The molecule has 0 aliphatic carbocycles. The Morgan fingerprint density at radius 2 is 1.54 bits per heavy atom. The van der Waals surface area contributed by atoms with E-state index >= 15 is 0 Å². The zero-order valence-electron chi connectivity index (χ0n) is 16.6. The van der Waals surface area contributed by atoms with Gasteiger partial charge in [0.25, 0.3) is 0 Å². The minimum Gasteiger partial charge on any atom is -0.346 e. The molecule has 150 valence electrons. The Balaban J connectivity index is 1.58. The maximum Gasteiger partial charge on any atom is 0.243 e. The fraction of sp³-hybridized carbons (Fsp3) is 0.381. The van der Waals surface area contributed by atoms with Gasteiger partial charge in [-0.1, -0.05) is 43.7 Å². The summed E-state index contributed by atoms with van der Waals surface area (Å²) in [4.78, 5) is 2.37. The zero-order chi connectivity index (χ0) is 20.3. The predicted octanol–water partition coefficient (Wildman–Crippen LogP) is 3.82. The van der Waals surface area contributed by atoms with E-state index in [1.54, 1.807) is 12.1 Å². The molecule has 0 atom stereocenters. The average molecular weight is 418 g/mol. The van der Waals surface area contributed by atoms with Gasteiger partial charge in [-0.15, -0.1) is 0 Å². The van der Waals surface area contributed by atoms with Gasteiger partial charge in [0.05, 0.1) is 4.90 Å². The van der Waals surface area contributed by atoms with Gasteiger partial charge in [-0.05, 0) is 54.9 Å². The lowest BCUT2D eigenvalue weighted by Crippen LogP contribution is -2.51. The summed E-state index contributed by atoms with van der Waals surface area (Å²) >= 11 is 5.53. The molecule has 5 nitrogen and oxygen atoms in total. The van der Waals surface area contributed by atoms with Gasteiger partial charge in [-0.2, -0.15) is 4.31 Å². The van der Waals surface area contributed by atoms with Gasteiger partial charge >= 0.3 is 0 Å². The summed E-state index contributed by atoms with van der Waals surface area (Å²) in [6.45, 7) is 8.25. The Morgan fingerprint density at radius 1 is 0.964 bits per heavy atom. The Kier molecular flexibility index (Phi) is 6.37. The molecule has 0 saturated carbocycles. The van der Waals surface area contributed by atoms with Crippen molar-refractivity contribution in [1.82, 2.24) is 9.21 Å². The maximum absolute atomic E-state index is 12.8. The number of nitrogens with zero attached hydrogens (tertiary/aromatic N) is 2. The molecule has 1 saturated heterocycles. The maximum atomic E-state index is 12.8. The number of hydrogen-bond acceptors (Lipinski definition) is 3. The van der Waals surface area contributed by atoms with E-state index in [2.05, 4.69) is 31.3 Å². The highest BCUT2D eigenvalue weighted by Gasteiger charge is 2.29. The van der Waals surface area contributed by atoms with Gasteiger partial charge in [0.2, 0.25) is 10.0 Å². The summed E-state index contributed by atoms with van der Waals surface area (Å²) in [6, 6.07) is 15.2. The largest absolute Gasteiger partial charge is 0.346 e. The molecule has 0 aromatic heterocycles. The van der Waals surface area contributed by atoms with Gasteiger partial charge in [0.15, 0.2) is 5.11 Å². The molecule has 0 amide bonds. The van der Waals surface area contributed by atoms with E-state index in [-0.39, 0.29) is 0 Å². The smallest absolute Gasteiger partial charge is 0.243 e. The predicted molar refractivity (Wildman–Crippen MR) is 118 cm³/mol. The van der Waals surface area contributed by atoms with Gasteiger partial charge in [-0.25, -0.2) is 8.42 Å². The molecule has 1 aliphatic rings. The first-order valence-corrected chi connectivity index (χ1v) is 11.3. The molecule has 3 rings (SSSR count). The summed E-state index contributed by atoms with van der Waals surface area (Å²) < 4.78 is 27.2. The minimum atomic E-state index is -3.46. The number of thiocarbonyl (C=S) groups is 1. The second-order valence-corrected chi connectivity index (χ2v) is 9.74. The minimum absolute atomic E-state index is 0.345. The molecular formula is C21H27N3O2S2. The van der Waals surface area contributed by atoms with Gasteiger partial charge in [0, 0.05) is 31.9 Å². The van der Waals surface area contributed by atoms with Crippen LogP contribution in [0.2, 0.25) is 0 Å². The molecule has 0 bridgehead atoms. The van der Waals surface area contributed by atoms with E-state index in [9.17, 15) is 8.42 Å². The monoisotopic (exact) mass is 417 g/mol. The van der Waals surface area contributed by atoms with Crippen molar-refractivity contribution in [2.24, 2.45) is 0 Å². The molecule has 0 unspecified atom stereocenters. The highest BCUT2D eigenvalue weighted by Crippen LogP contribution is 2.20. The molecule has 1 heterocycles. The quantitative estimate of drug-likeness (QED) is 0.767. The topological polar surface area (TPSA) is 52.7 Å². The van der Waals surface area contributed by atoms with Crippen LogP contribution in [0, 0.1) is 6.92 Å². The fourth-order valence-electron chi connectivity index (χ4n) is 3.14. The van der Waals surface area contributed by atoms with Crippen molar-refractivity contribution in [2.75, 3.05) is 31.5 Å². The second kappa shape index (κ2) is 8.59. The van der Waals surface area contributed by atoms with Crippen molar-refractivity contribution in [1.29, 1.82) is 0 Å². The van der Waals surface area contributed by atoms with Crippen LogP contribution in [-0.2, 0) is 10.0 Å². The van der Waals surface area contributed by atoms with Gasteiger partial charge in [-0.3, -0.25) is 0 Å². The lowest BCUT2D eigenvalue weighted by Gasteiger charge is -2.35. The first kappa shape index (κ1) is 20.8. The third-order valence-electron chi connectivity index (χ3n) is 5.01. The van der Waals surface area contributed by atoms with Crippen LogP contribution >= 0.6 is 12.2 Å². The molecule has 1 aliphatic heterocycles. The summed E-state index contributed by atoms with van der Waals surface area (Å²) in [5.41, 5.74) is 3.28. The lowest BCUT2D eigenvalue weighted by atomic mass is 10.0. The Morgan fingerprint density at radius 3 is 2.07 bits per heavy atom. The number of aryl methyl sites for hydroxylation is 1. The Bertz CT molecular complexity index is 915. The highest BCUT2D eigenvalue weighted by atomic mass is 32.2. The number of sulfonamides is 1. The molecule has 1 fully saturated rings. The van der Waals surface area contributed by atoms with E-state index in [0.717, 1.165) is 11.3 Å². The van der Waals surface area contributed by atoms with E-state index < -0.39 is 10.0 Å². The van der Waals surface area contributed by atoms with Crippen molar-refractivity contribution >= 4 is 33.0 Å². The lowest BCUT2D eigenvalue weighted by molar-refractivity contribution is 0.268. The van der Waals surface area contributed by atoms with Gasteiger partial charge in [0.1, 0.15) is 0 Å². The summed E-state index contributed by atoms with van der Waals surface area (Å²) in [5.74, 6) is 0.490. The highest BCUT2D eigenvalue weighted by molar-refractivity contribution is 7.89. The molecule has 2 aromatic rings. The number of rotatable bonds is 4. The molecule has 28 heavy (non-hydrogen) atoms. The molecule has 7 heteroatoms. The number of hydrogen-bond donors (Lipinski definition) is 1. The van der Waals surface area contributed by atoms with Crippen LogP contribution in [0.25, 0.3) is 0 Å². The van der Waals surface area contributed by atoms with Crippen LogP contribution in [0.1, 0.15) is 30.9 Å². The van der Waals surface area contributed by atoms with Gasteiger partial charge < -0.3 is 10.2 Å².